The topological polar surface area (TPSA) is 0 Å². The predicted molar refractivity (Wildman–Crippen MR) is 54.7 cm³/mol. The Balaban J connectivity index is 0. The van der Waals surface area contributed by atoms with Gasteiger partial charge in [-0.2, -0.15) is 30.7 Å². The second kappa shape index (κ2) is 11.6. The van der Waals surface area contributed by atoms with Crippen molar-refractivity contribution in [3.63, 3.8) is 0 Å². The fourth-order valence-electron chi connectivity index (χ4n) is 0.754. The van der Waals surface area contributed by atoms with E-state index in [-0.39, 0.29) is 19.5 Å². The summed E-state index contributed by atoms with van der Waals surface area (Å²) >= 11 is 0. The molecule has 0 radical (unpaired) electrons. The SMILES string of the molecule is CCC=[C-]c1ccccc1.[CH2-]C.[Zn+2]. The van der Waals surface area contributed by atoms with Gasteiger partial charge in [-0.3, -0.25) is 0 Å². The van der Waals surface area contributed by atoms with E-state index in [2.05, 4.69) is 19.9 Å². The van der Waals surface area contributed by atoms with Gasteiger partial charge in [-0.1, -0.05) is 13.0 Å². The monoisotopic (exact) mass is 224 g/mol. The number of hydrogen-bond acceptors (Lipinski definition) is 0. The van der Waals surface area contributed by atoms with Crippen LogP contribution in [0.2, 0.25) is 0 Å². The van der Waals surface area contributed by atoms with E-state index in [0.717, 1.165) is 12.0 Å². The average molecular weight is 226 g/mol. The molecule has 0 N–H and O–H groups in total. The first-order chi connectivity index (χ1) is 5.93. The Morgan fingerprint density at radius 3 is 2.23 bits per heavy atom. The van der Waals surface area contributed by atoms with E-state index in [1.54, 1.807) is 6.92 Å². The Labute approximate surface area is 94.8 Å². The van der Waals surface area contributed by atoms with Gasteiger partial charge in [0.1, 0.15) is 0 Å². The summed E-state index contributed by atoms with van der Waals surface area (Å²) in [6.45, 7) is 7.11. The van der Waals surface area contributed by atoms with Gasteiger partial charge in [-0.05, 0) is 6.42 Å². The first-order valence-corrected chi connectivity index (χ1v) is 4.27. The minimum absolute atomic E-state index is 0. The Morgan fingerprint density at radius 2 is 1.77 bits per heavy atom. The maximum atomic E-state index is 3.25. The summed E-state index contributed by atoms with van der Waals surface area (Å²) in [5.74, 6) is 0. The minimum Gasteiger partial charge on any atom is -0.346 e. The summed E-state index contributed by atoms with van der Waals surface area (Å²) in [6, 6.07) is 10.1. The number of rotatable bonds is 2. The minimum atomic E-state index is 0. The van der Waals surface area contributed by atoms with Crippen LogP contribution in [0.1, 0.15) is 25.8 Å². The summed E-state index contributed by atoms with van der Waals surface area (Å²) in [6.07, 6.45) is 6.26. The molecule has 0 amide bonds. The Bertz CT molecular complexity index is 202. The van der Waals surface area contributed by atoms with E-state index in [4.69, 9.17) is 0 Å². The molecule has 0 bridgehead atoms. The van der Waals surface area contributed by atoms with Gasteiger partial charge in [0.2, 0.25) is 0 Å². The first kappa shape index (κ1) is 15.1. The van der Waals surface area contributed by atoms with Crippen LogP contribution in [0.25, 0.3) is 0 Å². The van der Waals surface area contributed by atoms with Crippen LogP contribution in [-0.2, 0) is 19.5 Å². The van der Waals surface area contributed by atoms with Crippen molar-refractivity contribution in [3.05, 3.63) is 55.0 Å². The molecule has 66 valence electrons. The Kier molecular flexibility index (Phi) is 13.4. The third-order valence-corrected chi connectivity index (χ3v) is 1.25. The van der Waals surface area contributed by atoms with Crippen molar-refractivity contribution < 1.29 is 19.5 Å². The van der Waals surface area contributed by atoms with Gasteiger partial charge in [-0.15, -0.1) is 18.2 Å². The average Bonchev–Trinajstić information content (AvgIpc) is 2.19. The molecule has 0 atom stereocenters. The van der Waals surface area contributed by atoms with Crippen molar-refractivity contribution in [1.82, 2.24) is 0 Å². The van der Waals surface area contributed by atoms with Crippen molar-refractivity contribution in [2.45, 2.75) is 20.3 Å². The van der Waals surface area contributed by atoms with E-state index in [1.807, 2.05) is 36.4 Å². The molecule has 0 saturated carbocycles. The van der Waals surface area contributed by atoms with Crippen LogP contribution in [-0.4, -0.2) is 0 Å². The van der Waals surface area contributed by atoms with Gasteiger partial charge < -0.3 is 6.92 Å². The van der Waals surface area contributed by atoms with E-state index < -0.39 is 0 Å². The van der Waals surface area contributed by atoms with Crippen molar-refractivity contribution in [2.75, 3.05) is 0 Å². The molecule has 0 saturated heterocycles. The van der Waals surface area contributed by atoms with Crippen LogP contribution in [0.3, 0.4) is 0 Å². The summed E-state index contributed by atoms with van der Waals surface area (Å²) in [7, 11) is 0. The van der Waals surface area contributed by atoms with Crippen molar-refractivity contribution >= 4 is 0 Å². The largest absolute Gasteiger partial charge is 2.00 e. The summed E-state index contributed by atoms with van der Waals surface area (Å²) < 4.78 is 0. The first-order valence-electron chi connectivity index (χ1n) is 4.27. The van der Waals surface area contributed by atoms with Crippen LogP contribution in [0, 0.1) is 13.0 Å². The maximum absolute atomic E-state index is 3.25. The molecule has 1 rings (SSSR count). The Hall–Kier alpha value is -0.417. The van der Waals surface area contributed by atoms with E-state index >= 15 is 0 Å². The zero-order chi connectivity index (χ0) is 9.23. The van der Waals surface area contributed by atoms with Crippen LogP contribution in [0.5, 0.6) is 0 Å². The van der Waals surface area contributed by atoms with Crippen LogP contribution in [0.15, 0.2) is 36.4 Å². The number of allylic oxidation sites excluding steroid dienone is 1. The zero-order valence-electron chi connectivity index (χ0n) is 8.59. The summed E-state index contributed by atoms with van der Waals surface area (Å²) in [5, 5.41) is 0. The molecule has 0 spiro atoms. The quantitative estimate of drug-likeness (QED) is 0.533. The summed E-state index contributed by atoms with van der Waals surface area (Å²) in [5.41, 5.74) is 1.16. The molecule has 0 aromatic heterocycles. The predicted octanol–water partition coefficient (Wildman–Crippen LogP) is 3.64. The summed E-state index contributed by atoms with van der Waals surface area (Å²) in [4.78, 5) is 0. The molecular weight excluding hydrogens is 210 g/mol. The van der Waals surface area contributed by atoms with Crippen molar-refractivity contribution in [3.8, 4) is 0 Å². The van der Waals surface area contributed by atoms with Crippen molar-refractivity contribution in [1.29, 1.82) is 0 Å². The molecule has 1 heteroatoms. The number of hydrogen-bond donors (Lipinski definition) is 0. The molecule has 0 fully saturated rings. The standard InChI is InChI=1S/C10H11.C2H5.Zn/c1-2-3-7-10-8-5-4-6-9-10;1-2;/h3-6,8-9H,2H2,1H3;1H2,2H3;/q2*-1;+2. The maximum Gasteiger partial charge on any atom is 2.00 e. The van der Waals surface area contributed by atoms with Crippen LogP contribution < -0.4 is 0 Å². The van der Waals surface area contributed by atoms with Gasteiger partial charge in [-0.25, -0.2) is 0 Å². The van der Waals surface area contributed by atoms with Gasteiger partial charge >= 0.3 is 19.5 Å². The molecule has 0 aliphatic heterocycles. The van der Waals surface area contributed by atoms with Crippen molar-refractivity contribution in [2.24, 2.45) is 0 Å². The second-order valence-corrected chi connectivity index (χ2v) is 2.12. The normalized spacial score (nSPS) is 8.54. The molecule has 0 nitrogen and oxygen atoms in total. The molecule has 1 aromatic rings. The van der Waals surface area contributed by atoms with Gasteiger partial charge in [0.05, 0.1) is 0 Å². The van der Waals surface area contributed by atoms with Gasteiger partial charge in [0.15, 0.2) is 0 Å². The molecule has 1 aromatic carbocycles. The molecule has 0 aliphatic rings. The third kappa shape index (κ3) is 7.93. The fraction of sp³-hybridized carbons (Fsp3) is 0.250. The molecule has 0 unspecified atom stereocenters. The zero-order valence-corrected chi connectivity index (χ0v) is 11.6. The molecule has 0 aliphatic carbocycles. The van der Waals surface area contributed by atoms with Crippen LogP contribution >= 0.6 is 0 Å². The molecular formula is C12H16Zn. The number of benzene rings is 1. The smallest absolute Gasteiger partial charge is 0.346 e. The Morgan fingerprint density at radius 1 is 1.23 bits per heavy atom. The second-order valence-electron chi connectivity index (χ2n) is 2.12. The van der Waals surface area contributed by atoms with Crippen LogP contribution in [0.4, 0.5) is 0 Å². The van der Waals surface area contributed by atoms with E-state index in [0.29, 0.717) is 0 Å². The van der Waals surface area contributed by atoms with Gasteiger partial charge in [0.25, 0.3) is 0 Å². The third-order valence-electron chi connectivity index (χ3n) is 1.25. The molecule has 13 heavy (non-hydrogen) atoms. The van der Waals surface area contributed by atoms with E-state index in [9.17, 15) is 0 Å². The van der Waals surface area contributed by atoms with E-state index in [1.165, 1.54) is 0 Å². The fourth-order valence-corrected chi connectivity index (χ4v) is 0.754. The molecule has 0 heterocycles. The van der Waals surface area contributed by atoms with Gasteiger partial charge in [0, 0.05) is 0 Å².